The van der Waals surface area contributed by atoms with Gasteiger partial charge in [0.05, 0.1) is 0 Å². The molecule has 0 heterocycles. The van der Waals surface area contributed by atoms with E-state index in [0.29, 0.717) is 0 Å². The molecule has 2 heteroatoms. The summed E-state index contributed by atoms with van der Waals surface area (Å²) in [6.45, 7) is 10.8. The summed E-state index contributed by atoms with van der Waals surface area (Å²) in [5.41, 5.74) is 0. The van der Waals surface area contributed by atoms with Gasteiger partial charge in [0.15, 0.2) is 0 Å². The highest BCUT2D eigenvalue weighted by atomic mass is 16.5. The lowest BCUT2D eigenvalue weighted by molar-refractivity contribution is 0.128. The summed E-state index contributed by atoms with van der Waals surface area (Å²) in [4.78, 5) is 0. The average molecular weight is 201 g/mol. The van der Waals surface area contributed by atoms with Crippen molar-refractivity contribution < 1.29 is 4.74 Å². The molecule has 0 aliphatic heterocycles. The van der Waals surface area contributed by atoms with Gasteiger partial charge in [0.1, 0.15) is 0 Å². The van der Waals surface area contributed by atoms with E-state index in [1.165, 1.54) is 19.3 Å². The van der Waals surface area contributed by atoms with Crippen LogP contribution in [-0.4, -0.2) is 26.3 Å². The van der Waals surface area contributed by atoms with E-state index in [4.69, 9.17) is 4.74 Å². The Morgan fingerprint density at radius 1 is 1.14 bits per heavy atom. The Morgan fingerprint density at radius 3 is 2.50 bits per heavy atom. The number of rotatable bonds is 10. The average Bonchev–Trinajstić information content (AvgIpc) is 2.21. The summed E-state index contributed by atoms with van der Waals surface area (Å²) in [5.74, 6) is 0.802. The summed E-state index contributed by atoms with van der Waals surface area (Å²) in [7, 11) is 0. The normalized spacial score (nSPS) is 13.1. The summed E-state index contributed by atoms with van der Waals surface area (Å²) in [6, 6.07) is 0. The molecule has 0 aliphatic rings. The molecule has 86 valence electrons. The van der Waals surface area contributed by atoms with Crippen molar-refractivity contribution in [2.24, 2.45) is 5.92 Å². The Bertz CT molecular complexity index is 106. The van der Waals surface area contributed by atoms with Crippen molar-refractivity contribution in [3.8, 4) is 0 Å². The van der Waals surface area contributed by atoms with Crippen LogP contribution in [0.2, 0.25) is 0 Å². The molecule has 14 heavy (non-hydrogen) atoms. The molecule has 0 saturated heterocycles. The lowest BCUT2D eigenvalue weighted by Gasteiger charge is -2.09. The number of hydrogen-bond donors (Lipinski definition) is 1. The van der Waals surface area contributed by atoms with Crippen molar-refractivity contribution in [3.05, 3.63) is 0 Å². The zero-order valence-corrected chi connectivity index (χ0v) is 10.1. The van der Waals surface area contributed by atoms with E-state index in [-0.39, 0.29) is 0 Å². The molecule has 0 spiro atoms. The molecule has 1 unspecified atom stereocenters. The molecule has 0 fully saturated rings. The molecule has 0 aromatic rings. The van der Waals surface area contributed by atoms with Crippen LogP contribution in [0.25, 0.3) is 0 Å². The van der Waals surface area contributed by atoms with Crippen molar-refractivity contribution in [1.82, 2.24) is 5.32 Å². The van der Waals surface area contributed by atoms with Crippen LogP contribution in [0.1, 0.15) is 46.5 Å². The third kappa shape index (κ3) is 10.0. The van der Waals surface area contributed by atoms with Gasteiger partial charge in [0.25, 0.3) is 0 Å². The standard InChI is InChI=1S/C12H27NO/c1-4-6-9-14-10-7-8-13-11-12(3)5-2/h12-13H,4-11H2,1-3H3. The van der Waals surface area contributed by atoms with E-state index in [1.54, 1.807) is 0 Å². The maximum Gasteiger partial charge on any atom is 0.0478 e. The molecular formula is C12H27NO. The minimum absolute atomic E-state index is 0.802. The Kier molecular flexibility index (Phi) is 10.9. The highest BCUT2D eigenvalue weighted by Gasteiger charge is 1.96. The largest absolute Gasteiger partial charge is 0.381 e. The van der Waals surface area contributed by atoms with Crippen LogP contribution in [0.4, 0.5) is 0 Å². The van der Waals surface area contributed by atoms with Crippen LogP contribution < -0.4 is 5.32 Å². The molecule has 2 nitrogen and oxygen atoms in total. The van der Waals surface area contributed by atoms with Gasteiger partial charge in [-0.2, -0.15) is 0 Å². The second-order valence-electron chi connectivity index (χ2n) is 4.04. The van der Waals surface area contributed by atoms with Gasteiger partial charge in [-0.05, 0) is 31.8 Å². The second kappa shape index (κ2) is 11.0. The summed E-state index contributed by atoms with van der Waals surface area (Å²) >= 11 is 0. The maximum atomic E-state index is 5.47. The Labute approximate surface area is 89.4 Å². The third-order valence-electron chi connectivity index (χ3n) is 2.47. The van der Waals surface area contributed by atoms with Gasteiger partial charge in [0.2, 0.25) is 0 Å². The van der Waals surface area contributed by atoms with Gasteiger partial charge in [-0.1, -0.05) is 33.6 Å². The van der Waals surface area contributed by atoms with Gasteiger partial charge in [0, 0.05) is 13.2 Å². The van der Waals surface area contributed by atoms with Crippen LogP contribution in [-0.2, 0) is 4.74 Å². The molecule has 0 aliphatic carbocycles. The quantitative estimate of drug-likeness (QED) is 0.549. The Hall–Kier alpha value is -0.0800. The van der Waals surface area contributed by atoms with Gasteiger partial charge in [-0.15, -0.1) is 0 Å². The number of unbranched alkanes of at least 4 members (excludes halogenated alkanes) is 1. The van der Waals surface area contributed by atoms with Gasteiger partial charge in [-0.3, -0.25) is 0 Å². The molecule has 0 radical (unpaired) electrons. The van der Waals surface area contributed by atoms with E-state index in [1.807, 2.05) is 0 Å². The van der Waals surface area contributed by atoms with E-state index in [9.17, 15) is 0 Å². The van der Waals surface area contributed by atoms with Crippen molar-refractivity contribution in [1.29, 1.82) is 0 Å². The Morgan fingerprint density at radius 2 is 1.86 bits per heavy atom. The minimum atomic E-state index is 0.802. The fraction of sp³-hybridized carbons (Fsp3) is 1.00. The highest BCUT2D eigenvalue weighted by molar-refractivity contribution is 4.54. The minimum Gasteiger partial charge on any atom is -0.381 e. The number of ether oxygens (including phenoxy) is 1. The predicted molar refractivity (Wildman–Crippen MR) is 62.7 cm³/mol. The molecule has 0 saturated carbocycles. The first-order chi connectivity index (χ1) is 6.81. The van der Waals surface area contributed by atoms with Gasteiger partial charge in [-0.25, -0.2) is 0 Å². The van der Waals surface area contributed by atoms with Crippen LogP contribution >= 0.6 is 0 Å². The highest BCUT2D eigenvalue weighted by Crippen LogP contribution is 1.97. The molecule has 0 aromatic carbocycles. The molecule has 0 aromatic heterocycles. The molecule has 0 bridgehead atoms. The maximum absolute atomic E-state index is 5.47. The zero-order chi connectivity index (χ0) is 10.6. The second-order valence-corrected chi connectivity index (χ2v) is 4.04. The van der Waals surface area contributed by atoms with Crippen LogP contribution in [0.3, 0.4) is 0 Å². The van der Waals surface area contributed by atoms with E-state index in [2.05, 4.69) is 26.1 Å². The van der Waals surface area contributed by atoms with Crippen molar-refractivity contribution in [2.75, 3.05) is 26.3 Å². The molecule has 0 amide bonds. The van der Waals surface area contributed by atoms with Crippen molar-refractivity contribution in [3.63, 3.8) is 0 Å². The monoisotopic (exact) mass is 201 g/mol. The van der Waals surface area contributed by atoms with E-state index >= 15 is 0 Å². The van der Waals surface area contributed by atoms with Gasteiger partial charge < -0.3 is 10.1 Å². The lowest BCUT2D eigenvalue weighted by atomic mass is 10.1. The summed E-state index contributed by atoms with van der Waals surface area (Å²) < 4.78 is 5.47. The van der Waals surface area contributed by atoms with E-state index < -0.39 is 0 Å². The molecule has 0 rings (SSSR count). The SMILES string of the molecule is CCCCOCCCNCC(C)CC. The molecule has 1 N–H and O–H groups in total. The number of hydrogen-bond acceptors (Lipinski definition) is 2. The fourth-order valence-corrected chi connectivity index (χ4v) is 1.14. The first-order valence-corrected chi connectivity index (χ1v) is 6.09. The van der Waals surface area contributed by atoms with E-state index in [0.717, 1.165) is 38.6 Å². The Balaban J connectivity index is 2.92. The first-order valence-electron chi connectivity index (χ1n) is 6.09. The fourth-order valence-electron chi connectivity index (χ4n) is 1.14. The van der Waals surface area contributed by atoms with Crippen molar-refractivity contribution in [2.45, 2.75) is 46.5 Å². The summed E-state index contributed by atoms with van der Waals surface area (Å²) in [6.07, 6.45) is 4.83. The van der Waals surface area contributed by atoms with Crippen LogP contribution in [0.5, 0.6) is 0 Å². The number of nitrogens with one attached hydrogen (secondary N) is 1. The summed E-state index contributed by atoms with van der Waals surface area (Å²) in [5, 5.41) is 3.45. The predicted octanol–water partition coefficient (Wildman–Crippen LogP) is 2.83. The molecule has 1 atom stereocenters. The smallest absolute Gasteiger partial charge is 0.0478 e. The van der Waals surface area contributed by atoms with Crippen LogP contribution in [0, 0.1) is 5.92 Å². The van der Waals surface area contributed by atoms with Crippen LogP contribution in [0.15, 0.2) is 0 Å². The van der Waals surface area contributed by atoms with Gasteiger partial charge >= 0.3 is 0 Å². The van der Waals surface area contributed by atoms with Crippen molar-refractivity contribution >= 4 is 0 Å². The third-order valence-corrected chi connectivity index (χ3v) is 2.47. The molecular weight excluding hydrogens is 174 g/mol. The first kappa shape index (κ1) is 13.9. The topological polar surface area (TPSA) is 21.3 Å². The lowest BCUT2D eigenvalue weighted by Crippen LogP contribution is -2.22. The zero-order valence-electron chi connectivity index (χ0n) is 10.1.